The van der Waals surface area contributed by atoms with Crippen molar-refractivity contribution in [3.8, 4) is 0 Å². The number of carbonyl (C=O) groups is 1. The van der Waals surface area contributed by atoms with E-state index in [1.54, 1.807) is 13.0 Å². The molecule has 1 aromatic carbocycles. The summed E-state index contributed by atoms with van der Waals surface area (Å²) in [6.45, 7) is 5.88. The number of aromatic nitrogens is 2. The molecule has 23 heavy (non-hydrogen) atoms. The fourth-order valence-electron chi connectivity index (χ4n) is 2.94. The average Bonchev–Trinajstić information content (AvgIpc) is 2.55. The molecule has 1 saturated heterocycles. The summed E-state index contributed by atoms with van der Waals surface area (Å²) in [6.07, 6.45) is 3.83. The van der Waals surface area contributed by atoms with E-state index in [1.165, 1.54) is 24.9 Å². The van der Waals surface area contributed by atoms with Crippen molar-refractivity contribution < 1.29 is 4.79 Å². The summed E-state index contributed by atoms with van der Waals surface area (Å²) in [6, 6.07) is 9.73. The number of anilines is 2. The van der Waals surface area contributed by atoms with Crippen LogP contribution in [0.2, 0.25) is 0 Å². The van der Waals surface area contributed by atoms with Crippen LogP contribution in [0.1, 0.15) is 41.3 Å². The molecular formula is C18H22N4O. The van der Waals surface area contributed by atoms with Gasteiger partial charge >= 0.3 is 0 Å². The Bertz CT molecular complexity index is 670. The largest absolute Gasteiger partial charge is 0.372 e. The molecule has 1 aromatic heterocycles. The molecular weight excluding hydrogens is 288 g/mol. The molecule has 1 amide bonds. The van der Waals surface area contributed by atoms with Crippen molar-refractivity contribution in [3.63, 3.8) is 0 Å². The first-order valence-corrected chi connectivity index (χ1v) is 8.10. The monoisotopic (exact) mass is 310 g/mol. The quantitative estimate of drug-likeness (QED) is 0.944. The van der Waals surface area contributed by atoms with Crippen LogP contribution >= 0.6 is 0 Å². The summed E-state index contributed by atoms with van der Waals surface area (Å²) in [5, 5.41) is 2.90. The van der Waals surface area contributed by atoms with E-state index in [1.807, 2.05) is 19.1 Å². The minimum absolute atomic E-state index is 0.204. The van der Waals surface area contributed by atoms with Gasteiger partial charge in [-0.15, -0.1) is 0 Å². The predicted octanol–water partition coefficient (Wildman–Crippen LogP) is 3.34. The minimum Gasteiger partial charge on any atom is -0.372 e. The van der Waals surface area contributed by atoms with Gasteiger partial charge in [-0.3, -0.25) is 4.79 Å². The van der Waals surface area contributed by atoms with Crippen molar-refractivity contribution in [2.24, 2.45) is 0 Å². The van der Waals surface area contributed by atoms with Gasteiger partial charge in [-0.2, -0.15) is 0 Å². The first kappa shape index (κ1) is 15.5. The molecule has 2 heterocycles. The zero-order valence-electron chi connectivity index (χ0n) is 13.7. The Labute approximate surface area is 136 Å². The fraction of sp³-hybridized carbons (Fsp3) is 0.389. The van der Waals surface area contributed by atoms with Crippen LogP contribution in [0.25, 0.3) is 0 Å². The lowest BCUT2D eigenvalue weighted by molar-refractivity contribution is 0.102. The molecule has 0 atom stereocenters. The lowest BCUT2D eigenvalue weighted by atomic mass is 10.1. The number of hydrogen-bond donors (Lipinski definition) is 1. The number of nitrogens with one attached hydrogen (secondary N) is 1. The minimum atomic E-state index is -0.204. The third-order valence-electron chi connectivity index (χ3n) is 4.05. The van der Waals surface area contributed by atoms with Crippen LogP contribution in [-0.2, 0) is 0 Å². The van der Waals surface area contributed by atoms with Crippen LogP contribution in [0.5, 0.6) is 0 Å². The average molecular weight is 310 g/mol. The number of rotatable bonds is 3. The molecule has 0 aliphatic carbocycles. The highest BCUT2D eigenvalue weighted by Gasteiger charge is 2.12. The molecule has 1 N–H and O–H groups in total. The van der Waals surface area contributed by atoms with Gasteiger partial charge in [0, 0.05) is 30.2 Å². The normalized spacial score (nSPS) is 14.6. The second kappa shape index (κ2) is 6.77. The summed E-state index contributed by atoms with van der Waals surface area (Å²) < 4.78 is 0. The lowest BCUT2D eigenvalue weighted by Crippen LogP contribution is -2.29. The summed E-state index contributed by atoms with van der Waals surface area (Å²) in [5.41, 5.74) is 3.19. The topological polar surface area (TPSA) is 58.1 Å². The third kappa shape index (κ3) is 3.86. The van der Waals surface area contributed by atoms with Crippen LogP contribution in [0.3, 0.4) is 0 Å². The van der Waals surface area contributed by atoms with Crippen molar-refractivity contribution in [2.45, 2.75) is 33.1 Å². The van der Waals surface area contributed by atoms with Crippen molar-refractivity contribution in [1.82, 2.24) is 9.97 Å². The molecule has 5 nitrogen and oxygen atoms in total. The second-order valence-electron chi connectivity index (χ2n) is 5.99. The van der Waals surface area contributed by atoms with Gasteiger partial charge in [-0.05, 0) is 63.4 Å². The fourth-order valence-corrected chi connectivity index (χ4v) is 2.94. The van der Waals surface area contributed by atoms with Gasteiger partial charge in [0.05, 0.1) is 0 Å². The van der Waals surface area contributed by atoms with Crippen LogP contribution < -0.4 is 10.2 Å². The van der Waals surface area contributed by atoms with Gasteiger partial charge in [0.2, 0.25) is 0 Å². The number of nitrogens with zero attached hydrogens (tertiary/aromatic N) is 3. The van der Waals surface area contributed by atoms with Gasteiger partial charge in [0.15, 0.2) is 0 Å². The van der Waals surface area contributed by atoms with E-state index >= 15 is 0 Å². The Balaban J connectivity index is 1.68. The molecule has 1 aliphatic rings. The first-order chi connectivity index (χ1) is 11.1. The Morgan fingerprint density at radius 2 is 1.74 bits per heavy atom. The van der Waals surface area contributed by atoms with Crippen LogP contribution in [0.4, 0.5) is 11.4 Å². The zero-order chi connectivity index (χ0) is 16.2. The van der Waals surface area contributed by atoms with Crippen LogP contribution in [-0.4, -0.2) is 29.0 Å². The maximum atomic E-state index is 12.3. The summed E-state index contributed by atoms with van der Waals surface area (Å²) in [4.78, 5) is 23.1. The van der Waals surface area contributed by atoms with Gasteiger partial charge < -0.3 is 10.2 Å². The highest BCUT2D eigenvalue weighted by atomic mass is 16.1. The molecule has 0 bridgehead atoms. The molecule has 0 spiro atoms. The van der Waals surface area contributed by atoms with Crippen molar-refractivity contribution in [2.75, 3.05) is 23.3 Å². The Kier molecular flexibility index (Phi) is 4.55. The summed E-state index contributed by atoms with van der Waals surface area (Å²) in [5.74, 6) is 0.403. The van der Waals surface area contributed by atoms with E-state index < -0.39 is 0 Å². The predicted molar refractivity (Wildman–Crippen MR) is 92.0 cm³/mol. The standard InChI is InChI=1S/C18H22N4O/c1-13-12-17(20-14(2)19-13)18(23)21-15-6-8-16(9-7-15)22-10-4-3-5-11-22/h6-9,12H,3-5,10-11H2,1-2H3,(H,21,23). The molecule has 1 fully saturated rings. The zero-order valence-corrected chi connectivity index (χ0v) is 13.7. The third-order valence-corrected chi connectivity index (χ3v) is 4.05. The molecule has 0 saturated carbocycles. The Morgan fingerprint density at radius 3 is 2.39 bits per heavy atom. The van der Waals surface area contributed by atoms with E-state index in [0.29, 0.717) is 11.5 Å². The van der Waals surface area contributed by atoms with Crippen molar-refractivity contribution in [3.05, 3.63) is 47.5 Å². The van der Waals surface area contributed by atoms with E-state index in [2.05, 4.69) is 32.3 Å². The van der Waals surface area contributed by atoms with Crippen molar-refractivity contribution >= 4 is 17.3 Å². The molecule has 1 aliphatic heterocycles. The molecule has 120 valence electrons. The lowest BCUT2D eigenvalue weighted by Gasteiger charge is -2.28. The van der Waals surface area contributed by atoms with E-state index in [9.17, 15) is 4.79 Å². The number of hydrogen-bond acceptors (Lipinski definition) is 4. The molecule has 0 unspecified atom stereocenters. The first-order valence-electron chi connectivity index (χ1n) is 8.10. The Morgan fingerprint density at radius 1 is 1.04 bits per heavy atom. The summed E-state index contributed by atoms with van der Waals surface area (Å²) >= 11 is 0. The molecule has 2 aromatic rings. The van der Waals surface area contributed by atoms with E-state index in [4.69, 9.17) is 0 Å². The van der Waals surface area contributed by atoms with Crippen LogP contribution in [0, 0.1) is 13.8 Å². The Hall–Kier alpha value is -2.43. The highest BCUT2D eigenvalue weighted by Crippen LogP contribution is 2.22. The molecule has 0 radical (unpaired) electrons. The van der Waals surface area contributed by atoms with E-state index in [0.717, 1.165) is 24.5 Å². The maximum Gasteiger partial charge on any atom is 0.274 e. The number of amides is 1. The number of carbonyl (C=O) groups excluding carboxylic acids is 1. The maximum absolute atomic E-state index is 12.3. The second-order valence-corrected chi connectivity index (χ2v) is 5.99. The summed E-state index contributed by atoms with van der Waals surface area (Å²) in [7, 11) is 0. The number of piperidine rings is 1. The van der Waals surface area contributed by atoms with Gasteiger partial charge in [0.1, 0.15) is 11.5 Å². The molecule has 5 heteroatoms. The molecule has 3 rings (SSSR count). The number of aryl methyl sites for hydroxylation is 2. The van der Waals surface area contributed by atoms with Gasteiger partial charge in [0.25, 0.3) is 5.91 Å². The SMILES string of the molecule is Cc1cc(C(=O)Nc2ccc(N3CCCCC3)cc2)nc(C)n1. The van der Waals surface area contributed by atoms with Gasteiger partial charge in [-0.1, -0.05) is 0 Å². The van der Waals surface area contributed by atoms with Crippen LogP contribution in [0.15, 0.2) is 30.3 Å². The number of benzene rings is 1. The van der Waals surface area contributed by atoms with E-state index in [-0.39, 0.29) is 5.91 Å². The van der Waals surface area contributed by atoms with Gasteiger partial charge in [-0.25, -0.2) is 9.97 Å². The smallest absolute Gasteiger partial charge is 0.274 e. The highest BCUT2D eigenvalue weighted by molar-refractivity contribution is 6.03. The van der Waals surface area contributed by atoms with Crippen molar-refractivity contribution in [1.29, 1.82) is 0 Å².